The molecule has 1 N–H and O–H groups in total. The number of amides is 1. The van der Waals surface area contributed by atoms with Gasteiger partial charge in [-0.1, -0.05) is 20.8 Å². The molecular weight excluding hydrogens is 146 g/mol. The fraction of sp³-hybridized carbons (Fsp3) is 0.714. The largest absolute Gasteiger partial charge is 0.341 e. The summed E-state index contributed by atoms with van der Waals surface area (Å²) in [7, 11) is 0. The minimum Gasteiger partial charge on any atom is -0.341 e. The Morgan fingerprint density at radius 1 is 1.27 bits per heavy atom. The molecule has 0 bridgehead atoms. The molecule has 64 valence electrons. The zero-order valence-corrected chi connectivity index (χ0v) is 7.22. The molecule has 0 heterocycles. The molecule has 0 aliphatic rings. The standard InChI is InChI=1S/C7H13NO3/c1-5(9)11-8-6(10)7(2,3)4/h1-4H3,(H,8,10). The maximum absolute atomic E-state index is 11.0. The molecule has 4 heteroatoms. The molecule has 0 unspecified atom stereocenters. The number of hydrogen-bond donors (Lipinski definition) is 1. The monoisotopic (exact) mass is 159 g/mol. The first-order valence-electron chi connectivity index (χ1n) is 3.32. The van der Waals surface area contributed by atoms with E-state index >= 15 is 0 Å². The van der Waals surface area contributed by atoms with Crippen LogP contribution in [0, 0.1) is 5.41 Å². The maximum atomic E-state index is 11.0. The van der Waals surface area contributed by atoms with Crippen LogP contribution in [0.15, 0.2) is 0 Å². The molecule has 0 aromatic rings. The van der Waals surface area contributed by atoms with Gasteiger partial charge in [-0.2, -0.15) is 5.48 Å². The van der Waals surface area contributed by atoms with Gasteiger partial charge in [-0.05, 0) is 0 Å². The second-order valence-corrected chi connectivity index (χ2v) is 3.27. The zero-order valence-electron chi connectivity index (χ0n) is 7.22. The molecule has 0 aromatic carbocycles. The lowest BCUT2D eigenvalue weighted by Crippen LogP contribution is -2.35. The number of carbonyl (C=O) groups is 2. The highest BCUT2D eigenvalue weighted by Crippen LogP contribution is 2.11. The van der Waals surface area contributed by atoms with Gasteiger partial charge in [0.05, 0.1) is 0 Å². The van der Waals surface area contributed by atoms with Crippen LogP contribution in [0.3, 0.4) is 0 Å². The first kappa shape index (κ1) is 9.94. The number of nitrogens with one attached hydrogen (secondary N) is 1. The lowest BCUT2D eigenvalue weighted by Gasteiger charge is -2.15. The van der Waals surface area contributed by atoms with Gasteiger partial charge in [0.2, 0.25) is 0 Å². The number of carbonyl (C=O) groups excluding carboxylic acids is 2. The third-order valence-corrected chi connectivity index (χ3v) is 0.969. The Balaban J connectivity index is 3.80. The normalized spacial score (nSPS) is 10.5. The van der Waals surface area contributed by atoms with Crippen molar-refractivity contribution in [2.45, 2.75) is 27.7 Å². The van der Waals surface area contributed by atoms with Crippen molar-refractivity contribution in [2.75, 3.05) is 0 Å². The molecular formula is C7H13NO3. The molecule has 11 heavy (non-hydrogen) atoms. The summed E-state index contributed by atoms with van der Waals surface area (Å²) < 4.78 is 0. The van der Waals surface area contributed by atoms with Gasteiger partial charge in [-0.15, -0.1) is 0 Å². The number of hydrogen-bond acceptors (Lipinski definition) is 3. The Bertz CT molecular complexity index is 169. The number of rotatable bonds is 0. The molecule has 0 radical (unpaired) electrons. The van der Waals surface area contributed by atoms with Crippen LogP contribution in [0.5, 0.6) is 0 Å². The van der Waals surface area contributed by atoms with Gasteiger partial charge in [0.1, 0.15) is 0 Å². The topological polar surface area (TPSA) is 55.4 Å². The Kier molecular flexibility index (Phi) is 3.04. The molecule has 0 aromatic heterocycles. The van der Waals surface area contributed by atoms with Crippen molar-refractivity contribution in [3.8, 4) is 0 Å². The van der Waals surface area contributed by atoms with Gasteiger partial charge >= 0.3 is 5.97 Å². The summed E-state index contributed by atoms with van der Waals surface area (Å²) in [6, 6.07) is 0. The van der Waals surface area contributed by atoms with Gasteiger partial charge in [0.15, 0.2) is 0 Å². The van der Waals surface area contributed by atoms with Crippen LogP contribution >= 0.6 is 0 Å². The van der Waals surface area contributed by atoms with Crippen LogP contribution in [0.1, 0.15) is 27.7 Å². The summed E-state index contributed by atoms with van der Waals surface area (Å²) in [5, 5.41) is 0. The predicted octanol–water partition coefficient (Wildman–Crippen LogP) is 0.627. The van der Waals surface area contributed by atoms with Crippen LogP contribution < -0.4 is 5.48 Å². The van der Waals surface area contributed by atoms with Crippen molar-refractivity contribution in [1.82, 2.24) is 5.48 Å². The van der Waals surface area contributed by atoms with Crippen molar-refractivity contribution in [1.29, 1.82) is 0 Å². The van der Waals surface area contributed by atoms with Crippen LogP contribution in [-0.4, -0.2) is 11.9 Å². The summed E-state index contributed by atoms with van der Waals surface area (Å²) >= 11 is 0. The van der Waals surface area contributed by atoms with Crippen LogP contribution in [0.2, 0.25) is 0 Å². The highest BCUT2D eigenvalue weighted by Gasteiger charge is 2.21. The van der Waals surface area contributed by atoms with Crippen molar-refractivity contribution >= 4 is 11.9 Å². The fourth-order valence-electron chi connectivity index (χ4n) is 0.271. The third-order valence-electron chi connectivity index (χ3n) is 0.969. The van der Waals surface area contributed by atoms with Gasteiger partial charge in [0.25, 0.3) is 5.91 Å². The quantitative estimate of drug-likeness (QED) is 0.527. The average molecular weight is 159 g/mol. The molecule has 0 rings (SSSR count). The van der Waals surface area contributed by atoms with E-state index in [0.29, 0.717) is 0 Å². The minimum absolute atomic E-state index is 0.312. The Hall–Kier alpha value is -1.06. The number of hydroxylamine groups is 1. The molecule has 0 aliphatic carbocycles. The molecule has 0 saturated carbocycles. The first-order chi connectivity index (χ1) is 4.84. The summed E-state index contributed by atoms with van der Waals surface area (Å²) in [6.07, 6.45) is 0. The minimum atomic E-state index is -0.532. The van der Waals surface area contributed by atoms with E-state index in [9.17, 15) is 9.59 Å². The molecule has 4 nitrogen and oxygen atoms in total. The zero-order chi connectivity index (χ0) is 9.07. The molecule has 1 amide bonds. The van der Waals surface area contributed by atoms with E-state index in [0.717, 1.165) is 0 Å². The summed E-state index contributed by atoms with van der Waals surface area (Å²) in [4.78, 5) is 25.5. The molecule has 0 aliphatic heterocycles. The van der Waals surface area contributed by atoms with Gasteiger partial charge in [0, 0.05) is 12.3 Å². The first-order valence-corrected chi connectivity index (χ1v) is 3.32. The smallest absolute Gasteiger partial charge is 0.329 e. The molecule has 0 saturated heterocycles. The van der Waals surface area contributed by atoms with E-state index in [2.05, 4.69) is 4.84 Å². The van der Waals surface area contributed by atoms with Crippen molar-refractivity contribution in [2.24, 2.45) is 5.41 Å². The average Bonchev–Trinajstić information content (AvgIpc) is 1.80. The summed E-state index contributed by atoms with van der Waals surface area (Å²) in [5.74, 6) is -0.838. The summed E-state index contributed by atoms with van der Waals surface area (Å²) in [5.41, 5.74) is 1.50. The molecule has 0 fully saturated rings. The van der Waals surface area contributed by atoms with Crippen molar-refractivity contribution in [3.63, 3.8) is 0 Å². The second-order valence-electron chi connectivity index (χ2n) is 3.27. The molecule has 0 atom stereocenters. The highest BCUT2D eigenvalue weighted by atomic mass is 16.7. The molecule has 0 spiro atoms. The Morgan fingerprint density at radius 3 is 2.00 bits per heavy atom. The van der Waals surface area contributed by atoms with E-state index in [4.69, 9.17) is 0 Å². The fourth-order valence-corrected chi connectivity index (χ4v) is 0.271. The van der Waals surface area contributed by atoms with Gasteiger partial charge in [-0.3, -0.25) is 9.59 Å². The lowest BCUT2D eigenvalue weighted by molar-refractivity contribution is -0.159. The van der Waals surface area contributed by atoms with E-state index < -0.39 is 11.4 Å². The highest BCUT2D eigenvalue weighted by molar-refractivity contribution is 5.81. The summed E-state index contributed by atoms with van der Waals surface area (Å²) in [6.45, 7) is 6.41. The predicted molar refractivity (Wildman–Crippen MR) is 39.4 cm³/mol. The Labute approximate surface area is 65.9 Å². The lowest BCUT2D eigenvalue weighted by atomic mass is 9.96. The van der Waals surface area contributed by atoms with E-state index in [-0.39, 0.29) is 5.91 Å². The van der Waals surface area contributed by atoms with Crippen molar-refractivity contribution in [3.05, 3.63) is 0 Å². The van der Waals surface area contributed by atoms with E-state index in [1.807, 2.05) is 5.48 Å². The van der Waals surface area contributed by atoms with Crippen LogP contribution in [0.4, 0.5) is 0 Å². The third kappa shape index (κ3) is 4.36. The van der Waals surface area contributed by atoms with Crippen LogP contribution in [-0.2, 0) is 14.4 Å². The Morgan fingerprint density at radius 2 is 1.73 bits per heavy atom. The maximum Gasteiger partial charge on any atom is 0.329 e. The van der Waals surface area contributed by atoms with E-state index in [1.165, 1.54) is 6.92 Å². The van der Waals surface area contributed by atoms with Crippen molar-refractivity contribution < 1.29 is 14.4 Å². The van der Waals surface area contributed by atoms with Gasteiger partial charge in [-0.25, -0.2) is 0 Å². The van der Waals surface area contributed by atoms with E-state index in [1.54, 1.807) is 20.8 Å². The SMILES string of the molecule is CC(=O)ONC(=O)C(C)(C)C. The van der Waals surface area contributed by atoms with Gasteiger partial charge < -0.3 is 4.84 Å². The second kappa shape index (κ2) is 3.37. The van der Waals surface area contributed by atoms with Crippen LogP contribution in [0.25, 0.3) is 0 Å².